The Morgan fingerprint density at radius 1 is 1.23 bits per heavy atom. The van der Waals surface area contributed by atoms with Gasteiger partial charge in [-0.25, -0.2) is 28.0 Å². The number of allylic oxidation sites excluding steroid dienone is 7. The van der Waals surface area contributed by atoms with Gasteiger partial charge in [-0.2, -0.15) is 15.1 Å². The van der Waals surface area contributed by atoms with Crippen molar-refractivity contribution in [2.75, 3.05) is 48.8 Å². The molecule has 4 N–H and O–H groups in total. The van der Waals surface area contributed by atoms with Crippen LogP contribution in [0.15, 0.2) is 70.5 Å². The third kappa shape index (κ3) is 9.88. The predicted octanol–water partition coefficient (Wildman–Crippen LogP) is 6.40. The molecule has 0 saturated carbocycles. The van der Waals surface area contributed by atoms with Crippen molar-refractivity contribution in [3.05, 3.63) is 60.4 Å². The summed E-state index contributed by atoms with van der Waals surface area (Å²) in [5.41, 5.74) is 11.4. The SMILES string of the molecule is C=C/C=C(F)\C(F)=C(/CF)C/C1=N/N(c2nc(N)c(N(C)C(=O)OC)c(N)n2)C/C=C\C(Cl)=NC1=C.CC.CC. The Morgan fingerprint density at radius 2 is 1.80 bits per heavy atom. The molecule has 1 aliphatic rings. The third-order valence-electron chi connectivity index (χ3n) is 4.62. The number of aromatic nitrogens is 2. The van der Waals surface area contributed by atoms with E-state index in [-0.39, 0.29) is 46.4 Å². The molecular weight excluding hydrogens is 549 g/mol. The van der Waals surface area contributed by atoms with E-state index >= 15 is 0 Å². The lowest BCUT2D eigenvalue weighted by Gasteiger charge is -2.22. The Hall–Kier alpha value is -4.13. The van der Waals surface area contributed by atoms with E-state index in [1.165, 1.54) is 25.2 Å². The molecule has 0 unspecified atom stereocenters. The van der Waals surface area contributed by atoms with E-state index in [1.54, 1.807) is 6.08 Å². The van der Waals surface area contributed by atoms with E-state index in [9.17, 15) is 18.0 Å². The van der Waals surface area contributed by atoms with E-state index in [0.717, 1.165) is 17.1 Å². The molecule has 14 heteroatoms. The van der Waals surface area contributed by atoms with Crippen LogP contribution in [0.1, 0.15) is 34.1 Å². The number of methoxy groups -OCH3 is 1. The molecule has 2 heterocycles. The van der Waals surface area contributed by atoms with E-state index < -0.39 is 36.4 Å². The molecule has 0 atom stereocenters. The van der Waals surface area contributed by atoms with E-state index in [1.807, 2.05) is 27.7 Å². The first-order valence-electron chi connectivity index (χ1n) is 12.2. The number of anilines is 4. The van der Waals surface area contributed by atoms with Gasteiger partial charge in [-0.1, -0.05) is 64.6 Å². The minimum atomic E-state index is -1.41. The molecular formula is C26H36ClF3N8O2. The zero-order valence-electron chi connectivity index (χ0n) is 23.5. The van der Waals surface area contributed by atoms with E-state index in [2.05, 4.69) is 38.0 Å². The highest BCUT2D eigenvalue weighted by molar-refractivity contribution is 6.68. The molecule has 1 aliphatic heterocycles. The monoisotopic (exact) mass is 584 g/mol. The number of aliphatic imine (C=N–C) groups is 1. The van der Waals surface area contributed by atoms with Gasteiger partial charge in [-0.15, -0.1) is 0 Å². The quantitative estimate of drug-likeness (QED) is 0.354. The number of hydrogen-bond donors (Lipinski definition) is 2. The van der Waals surface area contributed by atoms with Gasteiger partial charge in [0.2, 0.25) is 0 Å². The Labute approximate surface area is 237 Å². The highest BCUT2D eigenvalue weighted by Crippen LogP contribution is 2.30. The minimum absolute atomic E-state index is 0.000370. The number of carbonyl (C=O) groups is 1. The molecule has 1 aromatic rings. The van der Waals surface area contributed by atoms with Gasteiger partial charge >= 0.3 is 6.09 Å². The van der Waals surface area contributed by atoms with Crippen molar-refractivity contribution in [1.82, 2.24) is 9.97 Å². The van der Waals surface area contributed by atoms with Crippen molar-refractivity contribution in [2.45, 2.75) is 34.1 Å². The summed E-state index contributed by atoms with van der Waals surface area (Å²) < 4.78 is 46.8. The van der Waals surface area contributed by atoms with Crippen molar-refractivity contribution in [2.24, 2.45) is 10.1 Å². The summed E-state index contributed by atoms with van der Waals surface area (Å²) in [7, 11) is 2.53. The second kappa shape index (κ2) is 18.2. The molecule has 40 heavy (non-hydrogen) atoms. The molecule has 0 aromatic carbocycles. The standard InChI is InChI=1S/C22H24ClF3N8O2.2C2H6/c1-5-7-14(25)17(26)13(11-24)10-15-12(2)29-16(23)8-6-9-34(32-15)21-30-19(27)18(20(28)31-21)33(3)22(35)36-4;2*1-2/h5-8H,1-2,9-11H2,3-4H3,(H4,27,28,30,31);2*1-2H3/b8-6-,14-7+,17-13+,29-16?,32-15-;;. The maximum atomic E-state index is 14.5. The predicted molar refractivity (Wildman–Crippen MR) is 159 cm³/mol. The smallest absolute Gasteiger partial charge is 0.413 e. The van der Waals surface area contributed by atoms with Crippen LogP contribution < -0.4 is 21.4 Å². The summed E-state index contributed by atoms with van der Waals surface area (Å²) >= 11 is 6.06. The fraction of sp³-hybridized carbons (Fsp3) is 0.346. The average molecular weight is 585 g/mol. The number of hydrogen-bond acceptors (Lipinski definition) is 9. The lowest BCUT2D eigenvalue weighted by atomic mass is 10.1. The first kappa shape index (κ1) is 35.9. The second-order valence-corrected chi connectivity index (χ2v) is 7.45. The number of rotatable bonds is 7. The number of alkyl halides is 1. The molecule has 0 aliphatic carbocycles. The van der Waals surface area contributed by atoms with Gasteiger partial charge in [-0.05, 0) is 12.2 Å². The van der Waals surface area contributed by atoms with E-state index in [0.29, 0.717) is 0 Å². The lowest BCUT2D eigenvalue weighted by Crippen LogP contribution is -2.29. The molecule has 0 radical (unpaired) electrons. The first-order chi connectivity index (χ1) is 19.0. The van der Waals surface area contributed by atoms with Crippen LogP contribution in [-0.2, 0) is 4.74 Å². The maximum Gasteiger partial charge on any atom is 0.413 e. The first-order valence-corrected chi connectivity index (χ1v) is 12.5. The molecule has 2 rings (SSSR count). The molecule has 1 amide bonds. The van der Waals surface area contributed by atoms with Crippen molar-refractivity contribution < 1.29 is 22.7 Å². The third-order valence-corrected chi connectivity index (χ3v) is 4.83. The summed E-state index contributed by atoms with van der Waals surface area (Å²) in [6.45, 7) is 13.7. The van der Waals surface area contributed by atoms with Gasteiger partial charge in [0, 0.05) is 19.0 Å². The van der Waals surface area contributed by atoms with Crippen LogP contribution in [0, 0.1) is 0 Å². The van der Waals surface area contributed by atoms with Crippen LogP contribution in [0.2, 0.25) is 0 Å². The number of ether oxygens (including phenoxy) is 1. The Bertz CT molecular complexity index is 1190. The number of nitrogen functional groups attached to an aromatic ring is 2. The number of carbonyl (C=O) groups excluding carboxylic acids is 1. The van der Waals surface area contributed by atoms with Crippen molar-refractivity contribution in [3.8, 4) is 0 Å². The van der Waals surface area contributed by atoms with Crippen LogP contribution in [0.25, 0.3) is 0 Å². The van der Waals surface area contributed by atoms with Gasteiger partial charge in [0.05, 0.1) is 25.1 Å². The fourth-order valence-corrected chi connectivity index (χ4v) is 3.08. The van der Waals surface area contributed by atoms with Gasteiger partial charge < -0.3 is 16.2 Å². The highest BCUT2D eigenvalue weighted by atomic mass is 35.5. The summed E-state index contributed by atoms with van der Waals surface area (Å²) in [4.78, 5) is 25.2. The second-order valence-electron chi connectivity index (χ2n) is 7.06. The van der Waals surface area contributed by atoms with E-state index in [4.69, 9.17) is 23.1 Å². The topological polar surface area (TPSA) is 135 Å². The molecule has 0 fully saturated rings. The summed E-state index contributed by atoms with van der Waals surface area (Å²) in [5.74, 6) is -3.19. The molecule has 0 bridgehead atoms. The minimum Gasteiger partial charge on any atom is -0.452 e. The Balaban J connectivity index is 0.00000363. The van der Waals surface area contributed by atoms with Gasteiger partial charge in [0.25, 0.3) is 5.95 Å². The van der Waals surface area contributed by atoms with Crippen LogP contribution >= 0.6 is 11.6 Å². The fourth-order valence-electron chi connectivity index (χ4n) is 2.88. The molecule has 220 valence electrons. The molecule has 10 nitrogen and oxygen atoms in total. The number of nitrogens with two attached hydrogens (primary N) is 2. The largest absolute Gasteiger partial charge is 0.452 e. The summed E-state index contributed by atoms with van der Waals surface area (Å²) in [6, 6.07) is 0. The lowest BCUT2D eigenvalue weighted by molar-refractivity contribution is 0.180. The van der Waals surface area contributed by atoms with Gasteiger partial charge in [-0.3, -0.25) is 4.90 Å². The number of halogens is 4. The van der Waals surface area contributed by atoms with Crippen molar-refractivity contribution in [1.29, 1.82) is 0 Å². The summed E-state index contributed by atoms with van der Waals surface area (Å²) in [6.07, 6.45) is 3.48. The van der Waals surface area contributed by atoms with Crippen LogP contribution in [0.3, 0.4) is 0 Å². The Morgan fingerprint density at radius 3 is 2.30 bits per heavy atom. The van der Waals surface area contributed by atoms with Gasteiger partial charge in [0.1, 0.15) is 17.5 Å². The zero-order valence-corrected chi connectivity index (χ0v) is 24.3. The van der Waals surface area contributed by atoms with Crippen molar-refractivity contribution in [3.63, 3.8) is 0 Å². The normalized spacial score (nSPS) is 16.1. The number of hydrazone groups is 1. The molecule has 0 saturated heterocycles. The molecule has 0 spiro atoms. The van der Waals surface area contributed by atoms with Gasteiger partial charge in [0.15, 0.2) is 23.3 Å². The van der Waals surface area contributed by atoms with Crippen molar-refractivity contribution >= 4 is 51.8 Å². The molecule has 1 aromatic heterocycles. The zero-order chi connectivity index (χ0) is 31.0. The average Bonchev–Trinajstić information content (AvgIpc) is 3.01. The van der Waals surface area contributed by atoms with Crippen LogP contribution in [0.4, 0.5) is 41.2 Å². The number of nitrogens with zero attached hydrogens (tertiary/aromatic N) is 6. The maximum absolute atomic E-state index is 14.5. The Kier molecular flexibility index (Phi) is 16.3. The van der Waals surface area contributed by atoms with Crippen LogP contribution in [-0.4, -0.2) is 54.3 Å². The summed E-state index contributed by atoms with van der Waals surface area (Å²) in [5, 5.41) is 5.53. The number of amides is 1. The van der Waals surface area contributed by atoms with Crippen LogP contribution in [0.5, 0.6) is 0 Å². The highest BCUT2D eigenvalue weighted by Gasteiger charge is 2.23.